The first-order valence-corrected chi connectivity index (χ1v) is 12.2. The van der Waals surface area contributed by atoms with Crippen LogP contribution in [-0.2, 0) is 20.1 Å². The third kappa shape index (κ3) is 7.60. The molecule has 0 aromatic heterocycles. The Hall–Kier alpha value is -3.29. The van der Waals surface area contributed by atoms with Crippen LogP contribution in [0, 0.1) is 11.6 Å². The summed E-state index contributed by atoms with van der Waals surface area (Å²) in [5.41, 5.74) is 0.312. The van der Waals surface area contributed by atoms with Crippen molar-refractivity contribution in [3.05, 3.63) is 23.8 Å². The van der Waals surface area contributed by atoms with Crippen molar-refractivity contribution in [2.24, 2.45) is 9.52 Å². The Morgan fingerprint density at radius 3 is 2.34 bits per heavy atom. The molecule has 2 fully saturated rings. The molecular formula is C21H27F2N5O6S. The molecule has 3 rings (SSSR count). The molecule has 192 valence electrons. The van der Waals surface area contributed by atoms with Crippen LogP contribution >= 0.6 is 0 Å². The number of hydrogen-bond acceptors (Lipinski definition) is 8. The lowest BCUT2D eigenvalue weighted by Crippen LogP contribution is -2.41. The predicted molar refractivity (Wildman–Crippen MR) is 123 cm³/mol. The van der Waals surface area contributed by atoms with Gasteiger partial charge in [-0.1, -0.05) is 9.52 Å². The number of piperidine rings is 2. The SMILES string of the molecule is CC(C)OC(=O)N1CCC(ON=C2CCN(c3cc(F)c(NC(=O)N=S(=O)=O)cc3F)CC2)CC1. The molecule has 1 aromatic rings. The number of oxime groups is 1. The van der Waals surface area contributed by atoms with Gasteiger partial charge in [-0.15, -0.1) is 0 Å². The van der Waals surface area contributed by atoms with E-state index in [1.165, 1.54) is 0 Å². The van der Waals surface area contributed by atoms with E-state index < -0.39 is 33.9 Å². The van der Waals surface area contributed by atoms with Crippen molar-refractivity contribution in [1.29, 1.82) is 0 Å². The minimum absolute atomic E-state index is 0.0189. The summed E-state index contributed by atoms with van der Waals surface area (Å²) in [5.74, 6) is -1.70. The minimum Gasteiger partial charge on any atom is -0.447 e. The molecule has 11 nitrogen and oxygen atoms in total. The van der Waals surface area contributed by atoms with E-state index in [0.717, 1.165) is 17.8 Å². The lowest BCUT2D eigenvalue weighted by Gasteiger charge is -2.32. The Balaban J connectivity index is 1.50. The normalized spacial score (nSPS) is 16.7. The highest BCUT2D eigenvalue weighted by atomic mass is 32.2. The van der Waals surface area contributed by atoms with Crippen molar-refractivity contribution in [3.8, 4) is 0 Å². The van der Waals surface area contributed by atoms with Crippen LogP contribution in [0.3, 0.4) is 0 Å². The second-order valence-electron chi connectivity index (χ2n) is 8.39. The summed E-state index contributed by atoms with van der Waals surface area (Å²) in [6, 6.07) is 0.391. The molecule has 2 aliphatic rings. The van der Waals surface area contributed by atoms with Gasteiger partial charge in [-0.2, -0.15) is 8.42 Å². The average Bonchev–Trinajstić information content (AvgIpc) is 2.79. The van der Waals surface area contributed by atoms with Crippen LogP contribution in [0.2, 0.25) is 0 Å². The zero-order chi connectivity index (χ0) is 25.5. The van der Waals surface area contributed by atoms with Gasteiger partial charge >= 0.3 is 22.6 Å². The number of ether oxygens (including phenoxy) is 1. The van der Waals surface area contributed by atoms with Gasteiger partial charge < -0.3 is 24.7 Å². The fourth-order valence-corrected chi connectivity index (χ4v) is 3.93. The number of nitrogens with zero attached hydrogens (tertiary/aromatic N) is 4. The quantitative estimate of drug-likeness (QED) is 0.594. The predicted octanol–water partition coefficient (Wildman–Crippen LogP) is 3.54. The summed E-state index contributed by atoms with van der Waals surface area (Å²) in [7, 11) is -3.01. The molecule has 35 heavy (non-hydrogen) atoms. The lowest BCUT2D eigenvalue weighted by molar-refractivity contribution is 0.00415. The maximum absolute atomic E-state index is 14.6. The maximum atomic E-state index is 14.6. The number of anilines is 2. The van der Waals surface area contributed by atoms with Gasteiger partial charge in [0.1, 0.15) is 17.7 Å². The monoisotopic (exact) mass is 515 g/mol. The number of rotatable bonds is 5. The highest BCUT2D eigenvalue weighted by Crippen LogP contribution is 2.28. The van der Waals surface area contributed by atoms with E-state index in [-0.39, 0.29) is 24.0 Å². The Morgan fingerprint density at radius 2 is 1.74 bits per heavy atom. The molecule has 0 radical (unpaired) electrons. The van der Waals surface area contributed by atoms with E-state index in [1.807, 2.05) is 5.32 Å². The first kappa shape index (κ1) is 26.3. The zero-order valence-electron chi connectivity index (χ0n) is 19.4. The van der Waals surface area contributed by atoms with Crippen molar-refractivity contribution in [2.75, 3.05) is 36.4 Å². The van der Waals surface area contributed by atoms with Crippen LogP contribution in [0.25, 0.3) is 0 Å². The fourth-order valence-electron chi connectivity index (χ4n) is 3.75. The number of hydrogen-bond donors (Lipinski definition) is 1. The number of carbonyl (C=O) groups excluding carboxylic acids is 2. The standard InChI is InChI=1S/C21H27F2N5O6S/c1-13(2)33-21(30)28-9-5-15(6-10-28)34-25-14-3-7-27(8-4-14)19-12-16(22)18(11-17(19)23)24-20(29)26-35(31)32/h11-13,15H,3-10H2,1-2H3,(H,24,29). The molecule has 0 atom stereocenters. The maximum Gasteiger partial charge on any atom is 0.410 e. The van der Waals surface area contributed by atoms with E-state index in [4.69, 9.17) is 9.57 Å². The van der Waals surface area contributed by atoms with Crippen LogP contribution in [0.5, 0.6) is 0 Å². The topological polar surface area (TPSA) is 130 Å². The van der Waals surface area contributed by atoms with Gasteiger partial charge in [-0.05, 0) is 13.8 Å². The smallest absolute Gasteiger partial charge is 0.410 e. The fraction of sp³-hybridized carbons (Fsp3) is 0.571. The van der Waals surface area contributed by atoms with Crippen LogP contribution in [0.1, 0.15) is 39.5 Å². The highest BCUT2D eigenvalue weighted by molar-refractivity contribution is 7.62. The Kier molecular flexibility index (Phi) is 8.95. The first-order chi connectivity index (χ1) is 16.6. The molecule has 2 saturated heterocycles. The number of amides is 3. The summed E-state index contributed by atoms with van der Waals surface area (Å²) in [4.78, 5) is 32.3. The van der Waals surface area contributed by atoms with Crippen LogP contribution < -0.4 is 10.2 Å². The van der Waals surface area contributed by atoms with E-state index in [1.54, 1.807) is 23.6 Å². The van der Waals surface area contributed by atoms with Gasteiger partial charge in [0, 0.05) is 64.0 Å². The van der Waals surface area contributed by atoms with Crippen molar-refractivity contribution < 1.29 is 36.4 Å². The molecule has 2 heterocycles. The van der Waals surface area contributed by atoms with Gasteiger partial charge in [0.05, 0.1) is 23.2 Å². The zero-order valence-corrected chi connectivity index (χ0v) is 20.2. The summed E-state index contributed by atoms with van der Waals surface area (Å²) in [6.45, 7) is 5.42. The number of likely N-dealkylation sites (tertiary alicyclic amines) is 1. The Morgan fingerprint density at radius 1 is 1.09 bits per heavy atom. The number of carbonyl (C=O) groups is 2. The third-order valence-electron chi connectivity index (χ3n) is 5.48. The van der Waals surface area contributed by atoms with Gasteiger partial charge in [0.25, 0.3) is 0 Å². The Labute approximate surface area is 202 Å². The van der Waals surface area contributed by atoms with Crippen LogP contribution in [-0.4, -0.2) is 69.5 Å². The number of nitrogens with one attached hydrogen (secondary N) is 1. The number of urea groups is 1. The first-order valence-electron chi connectivity index (χ1n) is 11.2. The summed E-state index contributed by atoms with van der Waals surface area (Å²) >= 11 is 0. The molecule has 1 N–H and O–H groups in total. The molecule has 14 heteroatoms. The molecule has 0 saturated carbocycles. The second-order valence-corrected chi connectivity index (χ2v) is 9.01. The van der Waals surface area contributed by atoms with Crippen LogP contribution in [0.15, 0.2) is 21.7 Å². The van der Waals surface area contributed by atoms with Crippen molar-refractivity contribution in [3.63, 3.8) is 0 Å². The molecule has 0 aliphatic carbocycles. The van der Waals surface area contributed by atoms with Crippen molar-refractivity contribution >= 4 is 39.7 Å². The van der Waals surface area contributed by atoms with Crippen molar-refractivity contribution in [2.45, 2.75) is 51.7 Å². The van der Waals surface area contributed by atoms with Gasteiger partial charge in [-0.3, -0.25) is 0 Å². The summed E-state index contributed by atoms with van der Waals surface area (Å²) < 4.78 is 57.6. The van der Waals surface area contributed by atoms with E-state index in [2.05, 4.69) is 9.52 Å². The number of halogens is 2. The number of benzene rings is 1. The molecule has 0 bridgehead atoms. The van der Waals surface area contributed by atoms with Gasteiger partial charge in [0.2, 0.25) is 0 Å². The minimum atomic E-state index is -3.01. The molecule has 2 aliphatic heterocycles. The summed E-state index contributed by atoms with van der Waals surface area (Å²) in [6.07, 6.45) is 1.66. The van der Waals surface area contributed by atoms with Crippen LogP contribution in [0.4, 0.5) is 29.7 Å². The van der Waals surface area contributed by atoms with E-state index in [0.29, 0.717) is 51.9 Å². The average molecular weight is 516 g/mol. The summed E-state index contributed by atoms with van der Waals surface area (Å²) in [5, 5.41) is 6.13. The molecule has 1 aromatic carbocycles. The molecule has 0 unspecified atom stereocenters. The lowest BCUT2D eigenvalue weighted by atomic mass is 10.1. The van der Waals surface area contributed by atoms with Gasteiger partial charge in [0.15, 0.2) is 0 Å². The van der Waals surface area contributed by atoms with E-state index in [9.17, 15) is 26.8 Å². The second kappa shape index (κ2) is 11.9. The molecule has 3 amide bonds. The van der Waals surface area contributed by atoms with Gasteiger partial charge in [-0.25, -0.2) is 18.4 Å². The molecular weight excluding hydrogens is 488 g/mol. The van der Waals surface area contributed by atoms with E-state index >= 15 is 0 Å². The third-order valence-corrected chi connectivity index (χ3v) is 5.80. The molecule has 0 spiro atoms. The Bertz CT molecular complexity index is 1100. The van der Waals surface area contributed by atoms with Crippen molar-refractivity contribution in [1.82, 2.24) is 4.90 Å². The highest BCUT2D eigenvalue weighted by Gasteiger charge is 2.26. The largest absolute Gasteiger partial charge is 0.447 e.